The third-order valence-electron chi connectivity index (χ3n) is 2.03. The maximum Gasteiger partial charge on any atom is 0.263 e. The zero-order valence-electron chi connectivity index (χ0n) is 7.79. The van der Waals surface area contributed by atoms with Crippen LogP contribution in [0.4, 0.5) is 0 Å². The first-order valence-corrected chi connectivity index (χ1v) is 4.08. The van der Waals surface area contributed by atoms with Gasteiger partial charge >= 0.3 is 0 Å². The van der Waals surface area contributed by atoms with E-state index in [2.05, 4.69) is 0 Å². The fraction of sp³-hybridized carbons (Fsp3) is 0.200. The third kappa shape index (κ3) is 1.08. The number of ether oxygens (including phenoxy) is 1. The molecule has 0 amide bonds. The highest BCUT2D eigenvalue weighted by atomic mass is 16.5. The standard InChI is InChI=1S/C10H8O4/c1-5-3-6-7(11)4-8(13-2)9(12)10(6)14-5/h3-4H,1-2H3. The summed E-state index contributed by atoms with van der Waals surface area (Å²) in [5.41, 5.74) is 0.313. The van der Waals surface area contributed by atoms with E-state index in [4.69, 9.17) is 9.15 Å². The lowest BCUT2D eigenvalue weighted by Gasteiger charge is -2.08. The van der Waals surface area contributed by atoms with Crippen molar-refractivity contribution in [2.45, 2.75) is 6.92 Å². The Kier molecular flexibility index (Phi) is 1.77. The lowest BCUT2D eigenvalue weighted by atomic mass is 10.0. The molecule has 14 heavy (non-hydrogen) atoms. The molecule has 0 saturated carbocycles. The van der Waals surface area contributed by atoms with Crippen LogP contribution in [-0.2, 0) is 4.74 Å². The van der Waals surface area contributed by atoms with Crippen molar-refractivity contribution >= 4 is 11.6 Å². The molecule has 0 saturated heterocycles. The predicted molar refractivity (Wildman–Crippen MR) is 47.2 cm³/mol. The van der Waals surface area contributed by atoms with Crippen LogP contribution in [0.5, 0.6) is 0 Å². The molecule has 1 aliphatic rings. The van der Waals surface area contributed by atoms with Crippen molar-refractivity contribution in [2.24, 2.45) is 0 Å². The number of ketones is 2. The SMILES string of the molecule is COC1=CC(=O)c2cc(C)oc2C1=O. The molecule has 4 nitrogen and oxygen atoms in total. The first-order valence-electron chi connectivity index (χ1n) is 4.08. The van der Waals surface area contributed by atoms with Crippen LogP contribution in [0.3, 0.4) is 0 Å². The molecule has 0 N–H and O–H groups in total. The molecular weight excluding hydrogens is 184 g/mol. The molecule has 0 radical (unpaired) electrons. The summed E-state index contributed by atoms with van der Waals surface area (Å²) in [7, 11) is 1.35. The van der Waals surface area contributed by atoms with E-state index in [0.29, 0.717) is 11.3 Å². The minimum atomic E-state index is -0.379. The Morgan fingerprint density at radius 1 is 1.36 bits per heavy atom. The van der Waals surface area contributed by atoms with Gasteiger partial charge in [-0.05, 0) is 13.0 Å². The quantitative estimate of drug-likeness (QED) is 0.676. The van der Waals surface area contributed by atoms with Crippen molar-refractivity contribution in [3.63, 3.8) is 0 Å². The highest BCUT2D eigenvalue weighted by molar-refractivity contribution is 6.22. The molecule has 0 unspecified atom stereocenters. The largest absolute Gasteiger partial charge is 0.492 e. The van der Waals surface area contributed by atoms with Gasteiger partial charge in [0.25, 0.3) is 5.78 Å². The zero-order valence-corrected chi connectivity index (χ0v) is 7.79. The lowest BCUT2D eigenvalue weighted by molar-refractivity contribution is 0.0891. The molecule has 72 valence electrons. The van der Waals surface area contributed by atoms with Gasteiger partial charge < -0.3 is 9.15 Å². The van der Waals surface area contributed by atoms with Gasteiger partial charge in [-0.3, -0.25) is 9.59 Å². The molecule has 1 aromatic rings. The number of methoxy groups -OCH3 is 1. The van der Waals surface area contributed by atoms with Crippen molar-refractivity contribution in [1.82, 2.24) is 0 Å². The third-order valence-corrected chi connectivity index (χ3v) is 2.03. The van der Waals surface area contributed by atoms with Crippen LogP contribution in [0.15, 0.2) is 22.3 Å². The van der Waals surface area contributed by atoms with Gasteiger partial charge in [0.15, 0.2) is 17.3 Å². The van der Waals surface area contributed by atoms with E-state index >= 15 is 0 Å². The number of carbonyl (C=O) groups excluding carboxylic acids is 2. The summed E-state index contributed by atoms with van der Waals surface area (Å²) in [6.07, 6.45) is 1.18. The predicted octanol–water partition coefficient (Wildman–Crippen LogP) is 1.50. The number of rotatable bonds is 1. The van der Waals surface area contributed by atoms with Gasteiger partial charge in [-0.15, -0.1) is 0 Å². The molecule has 1 heterocycles. The first-order chi connectivity index (χ1) is 6.63. The zero-order chi connectivity index (χ0) is 10.3. The van der Waals surface area contributed by atoms with Crippen LogP contribution >= 0.6 is 0 Å². The number of Topliss-reactive ketones (excluding diaryl/α,β-unsaturated/α-hetero) is 1. The van der Waals surface area contributed by atoms with Gasteiger partial charge in [-0.25, -0.2) is 0 Å². The van der Waals surface area contributed by atoms with E-state index in [1.54, 1.807) is 13.0 Å². The Morgan fingerprint density at radius 2 is 2.07 bits per heavy atom. The highest BCUT2D eigenvalue weighted by Crippen LogP contribution is 2.24. The molecule has 4 heteroatoms. The summed E-state index contributed by atoms with van der Waals surface area (Å²) >= 11 is 0. The summed E-state index contributed by atoms with van der Waals surface area (Å²) < 4.78 is 9.90. The van der Waals surface area contributed by atoms with Gasteiger partial charge in [0.2, 0.25) is 0 Å². The number of aryl methyl sites for hydroxylation is 1. The number of allylic oxidation sites excluding steroid dienone is 2. The minimum absolute atomic E-state index is 0.0249. The minimum Gasteiger partial charge on any atom is -0.492 e. The molecule has 0 atom stereocenters. The maximum absolute atomic E-state index is 11.6. The summed E-state index contributed by atoms with van der Waals surface area (Å²) in [4.78, 5) is 23.0. The normalized spacial score (nSPS) is 15.1. The van der Waals surface area contributed by atoms with E-state index in [9.17, 15) is 9.59 Å². The van der Waals surface area contributed by atoms with Gasteiger partial charge in [-0.2, -0.15) is 0 Å². The summed E-state index contributed by atoms with van der Waals surface area (Å²) in [6.45, 7) is 1.69. The Hall–Kier alpha value is -1.84. The number of furan rings is 1. The summed E-state index contributed by atoms with van der Waals surface area (Å²) in [5, 5.41) is 0. The maximum atomic E-state index is 11.6. The highest BCUT2D eigenvalue weighted by Gasteiger charge is 2.30. The Bertz CT molecular complexity index is 451. The van der Waals surface area contributed by atoms with Crippen LogP contribution < -0.4 is 0 Å². The Labute approximate surface area is 80.2 Å². The van der Waals surface area contributed by atoms with Crippen molar-refractivity contribution in [3.05, 3.63) is 35.0 Å². The number of hydrogen-bond acceptors (Lipinski definition) is 4. The molecule has 0 fully saturated rings. The molecule has 2 rings (SSSR count). The molecule has 0 aliphatic heterocycles. The van der Waals surface area contributed by atoms with Crippen LogP contribution in [0.25, 0.3) is 0 Å². The van der Waals surface area contributed by atoms with Crippen molar-refractivity contribution < 1.29 is 18.7 Å². The monoisotopic (exact) mass is 192 g/mol. The van der Waals surface area contributed by atoms with Crippen LogP contribution in [0, 0.1) is 6.92 Å². The molecular formula is C10H8O4. The van der Waals surface area contributed by atoms with E-state index in [-0.39, 0.29) is 23.1 Å². The van der Waals surface area contributed by atoms with E-state index in [1.807, 2.05) is 0 Å². The van der Waals surface area contributed by atoms with Gasteiger partial charge in [-0.1, -0.05) is 0 Å². The van der Waals surface area contributed by atoms with E-state index in [0.717, 1.165) is 0 Å². The average Bonchev–Trinajstić information content (AvgIpc) is 2.54. The number of hydrogen-bond donors (Lipinski definition) is 0. The molecule has 0 bridgehead atoms. The van der Waals surface area contributed by atoms with Crippen LogP contribution in [0.1, 0.15) is 26.7 Å². The second-order valence-electron chi connectivity index (χ2n) is 3.01. The number of carbonyl (C=O) groups is 2. The van der Waals surface area contributed by atoms with E-state index < -0.39 is 0 Å². The second-order valence-corrected chi connectivity index (χ2v) is 3.01. The smallest absolute Gasteiger partial charge is 0.263 e. The molecule has 1 aromatic heterocycles. The fourth-order valence-corrected chi connectivity index (χ4v) is 1.39. The molecule has 0 spiro atoms. The van der Waals surface area contributed by atoms with Gasteiger partial charge in [0.1, 0.15) is 5.76 Å². The Balaban J connectivity index is 2.59. The van der Waals surface area contributed by atoms with Crippen LogP contribution in [0.2, 0.25) is 0 Å². The average molecular weight is 192 g/mol. The molecule has 1 aliphatic carbocycles. The van der Waals surface area contributed by atoms with Crippen molar-refractivity contribution in [2.75, 3.05) is 7.11 Å². The summed E-state index contributed by atoms with van der Waals surface area (Å²) in [5.74, 6) is 0.00894. The van der Waals surface area contributed by atoms with Crippen LogP contribution in [-0.4, -0.2) is 18.7 Å². The number of fused-ring (bicyclic) bond motifs is 1. The summed E-state index contributed by atoms with van der Waals surface area (Å²) in [6, 6.07) is 1.55. The second kappa shape index (κ2) is 2.83. The topological polar surface area (TPSA) is 56.5 Å². The Morgan fingerprint density at radius 3 is 2.71 bits per heavy atom. The lowest BCUT2D eigenvalue weighted by Crippen LogP contribution is -2.15. The van der Waals surface area contributed by atoms with Gasteiger partial charge in [0.05, 0.1) is 12.7 Å². The van der Waals surface area contributed by atoms with Gasteiger partial charge in [0, 0.05) is 6.08 Å². The van der Waals surface area contributed by atoms with E-state index in [1.165, 1.54) is 13.2 Å². The fourth-order valence-electron chi connectivity index (χ4n) is 1.39. The molecule has 0 aromatic carbocycles. The van der Waals surface area contributed by atoms with Crippen molar-refractivity contribution in [1.29, 1.82) is 0 Å². The van der Waals surface area contributed by atoms with Crippen molar-refractivity contribution in [3.8, 4) is 0 Å². The first kappa shape index (κ1) is 8.74.